The normalized spacial score (nSPS) is 10.2. The maximum Gasteiger partial charge on any atom is 0.358 e. The van der Waals surface area contributed by atoms with E-state index in [1.807, 2.05) is 30.3 Å². The maximum atomic E-state index is 12.1. The van der Waals surface area contributed by atoms with Crippen LogP contribution in [0.5, 0.6) is 0 Å². The summed E-state index contributed by atoms with van der Waals surface area (Å²) in [6, 6.07) is 15.9. The number of hydrogen-bond donors (Lipinski definition) is 2. The molecule has 0 radical (unpaired) electrons. The van der Waals surface area contributed by atoms with Crippen LogP contribution in [0.15, 0.2) is 60.0 Å². The first-order valence-corrected chi connectivity index (χ1v) is 9.25. The minimum atomic E-state index is -0.673. The van der Waals surface area contributed by atoms with Gasteiger partial charge in [0.25, 0.3) is 11.8 Å². The molecule has 0 atom stereocenters. The van der Waals surface area contributed by atoms with Crippen molar-refractivity contribution in [3.63, 3.8) is 0 Å². The van der Waals surface area contributed by atoms with Crippen molar-refractivity contribution in [2.24, 2.45) is 0 Å². The van der Waals surface area contributed by atoms with E-state index >= 15 is 0 Å². The van der Waals surface area contributed by atoms with Crippen molar-refractivity contribution in [2.45, 2.75) is 0 Å². The Labute approximate surface area is 165 Å². The molecule has 0 saturated carbocycles. The standard InChI is InChI=1S/C20H17N3O4S/c1-21-18(25)14-8-5-9-15(10-14)22-17(24)11-27-20(26)16-12-28-19(23-16)13-6-3-2-4-7-13/h2-10,12H,11H2,1H3,(H,21,25)(H,22,24). The fourth-order valence-electron chi connectivity index (χ4n) is 2.37. The lowest BCUT2D eigenvalue weighted by molar-refractivity contribution is -0.119. The molecule has 0 aliphatic carbocycles. The highest BCUT2D eigenvalue weighted by molar-refractivity contribution is 7.13. The average molecular weight is 395 g/mol. The Morgan fingerprint density at radius 3 is 2.61 bits per heavy atom. The van der Waals surface area contributed by atoms with Crippen LogP contribution in [-0.4, -0.2) is 36.4 Å². The van der Waals surface area contributed by atoms with E-state index in [0.717, 1.165) is 5.56 Å². The van der Waals surface area contributed by atoms with Crippen molar-refractivity contribution < 1.29 is 19.1 Å². The van der Waals surface area contributed by atoms with Gasteiger partial charge in [-0.25, -0.2) is 9.78 Å². The number of aromatic nitrogens is 1. The van der Waals surface area contributed by atoms with Gasteiger partial charge in [-0.15, -0.1) is 11.3 Å². The van der Waals surface area contributed by atoms with Gasteiger partial charge in [-0.3, -0.25) is 9.59 Å². The smallest absolute Gasteiger partial charge is 0.358 e. The zero-order chi connectivity index (χ0) is 19.9. The average Bonchev–Trinajstić information content (AvgIpc) is 3.22. The molecule has 3 rings (SSSR count). The zero-order valence-electron chi connectivity index (χ0n) is 15.0. The molecule has 2 N–H and O–H groups in total. The number of benzene rings is 2. The molecular weight excluding hydrogens is 378 g/mol. The van der Waals surface area contributed by atoms with Gasteiger partial charge in [0.15, 0.2) is 12.3 Å². The highest BCUT2D eigenvalue weighted by Crippen LogP contribution is 2.23. The van der Waals surface area contributed by atoms with Crippen molar-refractivity contribution in [3.8, 4) is 10.6 Å². The van der Waals surface area contributed by atoms with Crippen LogP contribution in [0.4, 0.5) is 5.69 Å². The van der Waals surface area contributed by atoms with Crippen molar-refractivity contribution in [3.05, 3.63) is 71.2 Å². The number of rotatable bonds is 6. The Morgan fingerprint density at radius 2 is 1.86 bits per heavy atom. The van der Waals surface area contributed by atoms with Crippen LogP contribution in [-0.2, 0) is 9.53 Å². The van der Waals surface area contributed by atoms with Crippen LogP contribution in [0, 0.1) is 0 Å². The lowest BCUT2D eigenvalue weighted by Crippen LogP contribution is -2.22. The second-order valence-electron chi connectivity index (χ2n) is 5.69. The van der Waals surface area contributed by atoms with Gasteiger partial charge in [-0.1, -0.05) is 36.4 Å². The molecule has 0 aliphatic heterocycles. The molecule has 0 fully saturated rings. The minimum Gasteiger partial charge on any atom is -0.451 e. The molecule has 1 aromatic heterocycles. The first kappa shape index (κ1) is 19.2. The lowest BCUT2D eigenvalue weighted by Gasteiger charge is -2.07. The van der Waals surface area contributed by atoms with Crippen molar-refractivity contribution in [1.82, 2.24) is 10.3 Å². The molecular formula is C20H17N3O4S. The monoisotopic (exact) mass is 395 g/mol. The number of amides is 2. The number of hydrogen-bond acceptors (Lipinski definition) is 6. The SMILES string of the molecule is CNC(=O)c1cccc(NC(=O)COC(=O)c2csc(-c3ccccc3)n2)c1. The lowest BCUT2D eigenvalue weighted by atomic mass is 10.2. The Hall–Kier alpha value is -3.52. The van der Waals surface area contributed by atoms with Crippen LogP contribution in [0.25, 0.3) is 10.6 Å². The summed E-state index contributed by atoms with van der Waals surface area (Å²) in [6.45, 7) is -0.457. The number of nitrogens with one attached hydrogen (secondary N) is 2. The molecule has 142 valence electrons. The first-order valence-electron chi connectivity index (χ1n) is 8.37. The van der Waals surface area contributed by atoms with Crippen LogP contribution in [0.2, 0.25) is 0 Å². The van der Waals surface area contributed by atoms with Crippen LogP contribution in [0.1, 0.15) is 20.8 Å². The van der Waals surface area contributed by atoms with Crippen molar-refractivity contribution in [1.29, 1.82) is 0 Å². The molecule has 7 nitrogen and oxygen atoms in total. The van der Waals surface area contributed by atoms with Crippen molar-refractivity contribution >= 4 is 34.8 Å². The second-order valence-corrected chi connectivity index (χ2v) is 6.55. The second kappa shape index (κ2) is 8.92. The summed E-state index contributed by atoms with van der Waals surface area (Å²) in [7, 11) is 1.52. The number of esters is 1. The summed E-state index contributed by atoms with van der Waals surface area (Å²) in [5.41, 5.74) is 1.90. The number of anilines is 1. The fraction of sp³-hybridized carbons (Fsp3) is 0.100. The quantitative estimate of drug-likeness (QED) is 0.626. The predicted molar refractivity (Wildman–Crippen MR) is 106 cm³/mol. The Morgan fingerprint density at radius 1 is 1.07 bits per heavy atom. The summed E-state index contributed by atoms with van der Waals surface area (Å²) in [4.78, 5) is 40.0. The molecule has 0 aliphatic rings. The van der Waals surface area contributed by atoms with Gasteiger partial charge in [0.1, 0.15) is 5.01 Å². The molecule has 2 aromatic carbocycles. The largest absolute Gasteiger partial charge is 0.451 e. The van der Waals surface area contributed by atoms with E-state index in [-0.39, 0.29) is 11.6 Å². The molecule has 0 spiro atoms. The van der Waals surface area contributed by atoms with Gasteiger partial charge in [0.2, 0.25) is 0 Å². The molecule has 3 aromatic rings. The van der Waals surface area contributed by atoms with E-state index in [0.29, 0.717) is 16.3 Å². The van der Waals surface area contributed by atoms with E-state index in [4.69, 9.17) is 4.74 Å². The Bertz CT molecular complexity index is 1000. The fourth-order valence-corrected chi connectivity index (χ4v) is 3.16. The van der Waals surface area contributed by atoms with E-state index in [1.165, 1.54) is 24.5 Å². The first-order chi connectivity index (χ1) is 13.6. The number of carbonyl (C=O) groups is 3. The summed E-state index contributed by atoms with van der Waals surface area (Å²) in [5, 5.41) is 7.38. The number of thiazole rings is 1. The van der Waals surface area contributed by atoms with Gasteiger partial charge < -0.3 is 15.4 Å². The van der Waals surface area contributed by atoms with Crippen LogP contribution in [0.3, 0.4) is 0 Å². The highest BCUT2D eigenvalue weighted by atomic mass is 32.1. The summed E-state index contributed by atoms with van der Waals surface area (Å²) < 4.78 is 5.02. The number of nitrogens with zero attached hydrogens (tertiary/aromatic N) is 1. The zero-order valence-corrected chi connectivity index (χ0v) is 15.8. The molecule has 1 heterocycles. The third-order valence-electron chi connectivity index (χ3n) is 3.70. The molecule has 0 saturated heterocycles. The third-order valence-corrected chi connectivity index (χ3v) is 4.60. The van der Waals surface area contributed by atoms with Gasteiger partial charge in [0.05, 0.1) is 0 Å². The van der Waals surface area contributed by atoms with Crippen molar-refractivity contribution in [2.75, 3.05) is 19.0 Å². The van der Waals surface area contributed by atoms with Crippen LogP contribution >= 0.6 is 11.3 Å². The Balaban J connectivity index is 1.56. The highest BCUT2D eigenvalue weighted by Gasteiger charge is 2.15. The van der Waals surface area contributed by atoms with Gasteiger partial charge in [-0.05, 0) is 18.2 Å². The Kier molecular flexibility index (Phi) is 6.13. The molecule has 0 unspecified atom stereocenters. The minimum absolute atomic E-state index is 0.151. The number of carbonyl (C=O) groups excluding carboxylic acids is 3. The van der Waals surface area contributed by atoms with Crippen LogP contribution < -0.4 is 10.6 Å². The topological polar surface area (TPSA) is 97.4 Å². The summed E-state index contributed by atoms with van der Waals surface area (Å²) in [5.74, 6) is -1.45. The summed E-state index contributed by atoms with van der Waals surface area (Å²) in [6.07, 6.45) is 0. The third kappa shape index (κ3) is 4.80. The van der Waals surface area contributed by atoms with E-state index in [2.05, 4.69) is 15.6 Å². The molecule has 2 amide bonds. The number of ether oxygens (including phenoxy) is 1. The molecule has 8 heteroatoms. The van der Waals surface area contributed by atoms with Gasteiger partial charge in [0, 0.05) is 29.2 Å². The van der Waals surface area contributed by atoms with E-state index in [9.17, 15) is 14.4 Å². The van der Waals surface area contributed by atoms with Gasteiger partial charge >= 0.3 is 5.97 Å². The molecule has 28 heavy (non-hydrogen) atoms. The summed E-state index contributed by atoms with van der Waals surface area (Å²) >= 11 is 1.32. The van der Waals surface area contributed by atoms with E-state index < -0.39 is 18.5 Å². The maximum absolute atomic E-state index is 12.1. The predicted octanol–water partition coefficient (Wildman–Crippen LogP) is 2.97. The van der Waals surface area contributed by atoms with Gasteiger partial charge in [-0.2, -0.15) is 0 Å². The molecule has 0 bridgehead atoms. The van der Waals surface area contributed by atoms with E-state index in [1.54, 1.807) is 23.6 Å².